The molecule has 2 aliphatic rings. The highest BCUT2D eigenvalue weighted by atomic mass is 19.1. The van der Waals surface area contributed by atoms with E-state index >= 15 is 0 Å². The van der Waals surface area contributed by atoms with Crippen molar-refractivity contribution < 1.29 is 28.2 Å². The van der Waals surface area contributed by atoms with Gasteiger partial charge in [0.2, 0.25) is 0 Å². The molecular formula is C24H36FNO5. The fraction of sp³-hybridized carbons (Fsp3) is 0.667. The van der Waals surface area contributed by atoms with Gasteiger partial charge in [-0.1, -0.05) is 0 Å². The van der Waals surface area contributed by atoms with Crippen molar-refractivity contribution in [3.05, 3.63) is 29.1 Å². The first-order valence-electron chi connectivity index (χ1n) is 11.0. The lowest BCUT2D eigenvalue weighted by Crippen LogP contribution is -2.37. The SMILES string of the molecule is CC(C)(C)OC(=O)c1cc(C2CC2)c(O[C@@H]2CCCNC2)cc1F.CC(C)(C)OC=O. The molecule has 3 rings (SSSR count). The van der Waals surface area contributed by atoms with Crippen LogP contribution in [0.3, 0.4) is 0 Å². The minimum atomic E-state index is -0.647. The van der Waals surface area contributed by atoms with Crippen LogP contribution in [0.4, 0.5) is 4.39 Å². The van der Waals surface area contributed by atoms with Crippen LogP contribution in [-0.2, 0) is 14.3 Å². The Balaban J connectivity index is 0.000000423. The van der Waals surface area contributed by atoms with Gasteiger partial charge >= 0.3 is 5.97 Å². The fourth-order valence-electron chi connectivity index (χ4n) is 3.12. The lowest BCUT2D eigenvalue weighted by molar-refractivity contribution is -0.138. The van der Waals surface area contributed by atoms with Crippen LogP contribution < -0.4 is 10.1 Å². The van der Waals surface area contributed by atoms with Gasteiger partial charge in [0.25, 0.3) is 6.47 Å². The molecule has 1 aliphatic carbocycles. The highest BCUT2D eigenvalue weighted by Crippen LogP contribution is 2.45. The summed E-state index contributed by atoms with van der Waals surface area (Å²) >= 11 is 0. The van der Waals surface area contributed by atoms with Gasteiger partial charge in [-0.15, -0.1) is 0 Å². The van der Waals surface area contributed by atoms with Crippen LogP contribution in [0.1, 0.15) is 89.1 Å². The Kier molecular flexibility index (Phi) is 8.46. The molecule has 0 radical (unpaired) electrons. The molecule has 174 valence electrons. The van der Waals surface area contributed by atoms with Crippen LogP contribution >= 0.6 is 0 Å². The minimum Gasteiger partial charge on any atom is -0.489 e. The average molecular weight is 438 g/mol. The van der Waals surface area contributed by atoms with Crippen LogP contribution in [0.2, 0.25) is 0 Å². The molecule has 1 aromatic carbocycles. The minimum absolute atomic E-state index is 0.000874. The first-order valence-corrected chi connectivity index (χ1v) is 11.0. The number of piperidine rings is 1. The highest BCUT2D eigenvalue weighted by molar-refractivity contribution is 5.90. The van der Waals surface area contributed by atoms with Crippen molar-refractivity contribution in [3.8, 4) is 5.75 Å². The smallest absolute Gasteiger partial charge is 0.341 e. The number of carbonyl (C=O) groups excluding carboxylic acids is 2. The highest BCUT2D eigenvalue weighted by Gasteiger charge is 2.31. The molecule has 1 aliphatic heterocycles. The van der Waals surface area contributed by atoms with Crippen molar-refractivity contribution in [2.75, 3.05) is 13.1 Å². The first kappa shape index (κ1) is 25.1. The predicted octanol–water partition coefficient (Wildman–Crippen LogP) is 4.75. The molecule has 2 fully saturated rings. The third kappa shape index (κ3) is 8.85. The number of esters is 1. The van der Waals surface area contributed by atoms with Gasteiger partial charge in [0, 0.05) is 12.6 Å². The summed E-state index contributed by atoms with van der Waals surface area (Å²) in [5, 5.41) is 3.30. The molecule has 1 saturated heterocycles. The monoisotopic (exact) mass is 437 g/mol. The Bertz CT molecular complexity index is 756. The Labute approximate surface area is 184 Å². The van der Waals surface area contributed by atoms with Gasteiger partial charge in [0.1, 0.15) is 28.9 Å². The first-order chi connectivity index (χ1) is 14.4. The molecule has 1 heterocycles. The number of nitrogens with one attached hydrogen (secondary N) is 1. The summed E-state index contributed by atoms with van der Waals surface area (Å²) in [5.74, 6) is -0.255. The largest absolute Gasteiger partial charge is 0.489 e. The fourth-order valence-corrected chi connectivity index (χ4v) is 3.12. The summed E-state index contributed by atoms with van der Waals surface area (Å²) in [6.07, 6.45) is 4.19. The Morgan fingerprint density at radius 2 is 1.77 bits per heavy atom. The van der Waals surface area contributed by atoms with E-state index in [1.165, 1.54) is 6.07 Å². The predicted molar refractivity (Wildman–Crippen MR) is 117 cm³/mol. The molecule has 1 atom stereocenters. The van der Waals surface area contributed by atoms with Crippen LogP contribution in [0.25, 0.3) is 0 Å². The summed E-state index contributed by atoms with van der Waals surface area (Å²) < 4.78 is 30.4. The maximum absolute atomic E-state index is 14.5. The Hall–Kier alpha value is -2.15. The number of carbonyl (C=O) groups is 2. The Morgan fingerprint density at radius 1 is 1.10 bits per heavy atom. The van der Waals surface area contributed by atoms with Gasteiger partial charge in [-0.2, -0.15) is 0 Å². The third-order valence-electron chi connectivity index (χ3n) is 4.68. The van der Waals surface area contributed by atoms with Crippen molar-refractivity contribution in [3.63, 3.8) is 0 Å². The molecule has 31 heavy (non-hydrogen) atoms. The number of rotatable bonds is 5. The normalized spacial score (nSPS) is 19.0. The summed E-state index contributed by atoms with van der Waals surface area (Å²) in [5.41, 5.74) is -0.0303. The van der Waals surface area contributed by atoms with Gasteiger partial charge < -0.3 is 19.5 Å². The summed E-state index contributed by atoms with van der Waals surface area (Å²) in [7, 11) is 0. The maximum atomic E-state index is 14.5. The lowest BCUT2D eigenvalue weighted by Gasteiger charge is -2.26. The molecule has 1 saturated carbocycles. The second-order valence-electron chi connectivity index (χ2n) is 10.1. The van der Waals surface area contributed by atoms with E-state index in [-0.39, 0.29) is 17.3 Å². The van der Waals surface area contributed by atoms with E-state index in [1.807, 2.05) is 20.8 Å². The zero-order valence-corrected chi connectivity index (χ0v) is 19.5. The van der Waals surface area contributed by atoms with Crippen molar-refractivity contribution in [2.45, 2.75) is 90.4 Å². The molecule has 7 heteroatoms. The third-order valence-corrected chi connectivity index (χ3v) is 4.68. The van der Waals surface area contributed by atoms with Crippen LogP contribution in [0.15, 0.2) is 12.1 Å². The molecule has 0 aromatic heterocycles. The van der Waals surface area contributed by atoms with E-state index in [4.69, 9.17) is 9.47 Å². The second kappa shape index (κ2) is 10.4. The molecule has 1 aromatic rings. The zero-order valence-electron chi connectivity index (χ0n) is 19.5. The summed E-state index contributed by atoms with van der Waals surface area (Å²) in [6.45, 7) is 13.0. The lowest BCUT2D eigenvalue weighted by atomic mass is 10.0. The number of ether oxygens (including phenoxy) is 3. The average Bonchev–Trinajstić information content (AvgIpc) is 3.46. The second-order valence-corrected chi connectivity index (χ2v) is 10.1. The van der Waals surface area contributed by atoms with E-state index in [1.54, 1.807) is 26.8 Å². The van der Waals surface area contributed by atoms with Gasteiger partial charge in [-0.3, -0.25) is 4.79 Å². The molecular weight excluding hydrogens is 401 g/mol. The van der Waals surface area contributed by atoms with Crippen LogP contribution in [0.5, 0.6) is 5.75 Å². The topological polar surface area (TPSA) is 73.9 Å². The van der Waals surface area contributed by atoms with E-state index in [0.717, 1.165) is 44.3 Å². The molecule has 1 N–H and O–H groups in total. The van der Waals surface area contributed by atoms with Crippen LogP contribution in [-0.4, -0.2) is 42.8 Å². The molecule has 6 nitrogen and oxygen atoms in total. The summed E-state index contributed by atoms with van der Waals surface area (Å²) in [6, 6.07) is 2.99. The van der Waals surface area contributed by atoms with E-state index in [9.17, 15) is 14.0 Å². The molecule has 0 unspecified atom stereocenters. The number of hydrogen-bond acceptors (Lipinski definition) is 6. The number of hydrogen-bond donors (Lipinski definition) is 1. The van der Waals surface area contributed by atoms with Gasteiger partial charge in [-0.05, 0) is 91.3 Å². The van der Waals surface area contributed by atoms with Gasteiger partial charge in [0.15, 0.2) is 0 Å². The van der Waals surface area contributed by atoms with Crippen molar-refractivity contribution >= 4 is 12.4 Å². The standard InChI is InChI=1S/C19H26FNO3.C5H10O2/c1-19(2,3)24-18(22)15-9-14(12-6-7-12)17(10-16(15)20)23-13-5-4-8-21-11-13;1-5(2,3)7-4-6/h9-10,12-13,21H,4-8,11H2,1-3H3;4H,1-3H3/t13-;/m1./s1. The Morgan fingerprint density at radius 3 is 2.23 bits per heavy atom. The maximum Gasteiger partial charge on any atom is 0.341 e. The van der Waals surface area contributed by atoms with E-state index in [2.05, 4.69) is 10.1 Å². The molecule has 0 bridgehead atoms. The quantitative estimate of drug-likeness (QED) is 0.529. The molecule has 0 amide bonds. The summed E-state index contributed by atoms with van der Waals surface area (Å²) in [4.78, 5) is 21.9. The van der Waals surface area contributed by atoms with Crippen molar-refractivity contribution in [1.82, 2.24) is 5.32 Å². The number of benzene rings is 1. The van der Waals surface area contributed by atoms with Crippen molar-refractivity contribution in [1.29, 1.82) is 0 Å². The number of halogens is 1. The van der Waals surface area contributed by atoms with E-state index in [0.29, 0.717) is 18.1 Å². The van der Waals surface area contributed by atoms with Gasteiger partial charge in [0.05, 0.1) is 5.56 Å². The van der Waals surface area contributed by atoms with E-state index < -0.39 is 17.4 Å². The van der Waals surface area contributed by atoms with Crippen molar-refractivity contribution in [2.24, 2.45) is 0 Å². The van der Waals surface area contributed by atoms with Gasteiger partial charge in [-0.25, -0.2) is 9.18 Å². The zero-order chi connectivity index (χ0) is 23.2. The molecule has 0 spiro atoms. The van der Waals surface area contributed by atoms with Crippen LogP contribution in [0, 0.1) is 5.82 Å².